The van der Waals surface area contributed by atoms with Crippen molar-refractivity contribution in [2.24, 2.45) is 5.92 Å². The smallest absolute Gasteiger partial charge is 0.259 e. The molecule has 6 heterocycles. The van der Waals surface area contributed by atoms with Gasteiger partial charge >= 0.3 is 0 Å². The van der Waals surface area contributed by atoms with Crippen molar-refractivity contribution in [3.63, 3.8) is 0 Å². The van der Waals surface area contributed by atoms with Crippen LogP contribution >= 0.6 is 0 Å². The van der Waals surface area contributed by atoms with Gasteiger partial charge in [0.2, 0.25) is 17.7 Å². The van der Waals surface area contributed by atoms with Crippen LogP contribution in [0.1, 0.15) is 12.8 Å². The van der Waals surface area contributed by atoms with E-state index in [0.29, 0.717) is 29.2 Å². The van der Waals surface area contributed by atoms with Gasteiger partial charge in [0, 0.05) is 52.0 Å². The summed E-state index contributed by atoms with van der Waals surface area (Å²) in [4.78, 5) is 25.2. The number of hydrogen-bond donors (Lipinski definition) is 1. The molecule has 176 valence electrons. The van der Waals surface area contributed by atoms with Gasteiger partial charge in [-0.15, -0.1) is 5.10 Å². The summed E-state index contributed by atoms with van der Waals surface area (Å²) in [6.07, 6.45) is 7.69. The minimum Gasteiger partial charge on any atom is -0.461 e. The summed E-state index contributed by atoms with van der Waals surface area (Å²) in [5.41, 5.74) is 7.42. The fraction of sp³-hybridized carbons (Fsp3) is 0.435. The van der Waals surface area contributed by atoms with E-state index in [1.54, 1.807) is 12.3 Å². The first kappa shape index (κ1) is 20.8. The van der Waals surface area contributed by atoms with Crippen molar-refractivity contribution in [1.29, 1.82) is 0 Å². The van der Waals surface area contributed by atoms with E-state index >= 15 is 0 Å². The van der Waals surface area contributed by atoms with Crippen molar-refractivity contribution in [2.45, 2.75) is 12.8 Å². The van der Waals surface area contributed by atoms with Crippen molar-refractivity contribution < 1.29 is 4.42 Å². The molecule has 0 amide bonds. The van der Waals surface area contributed by atoms with Crippen LogP contribution in [0.25, 0.3) is 17.4 Å². The molecule has 0 aromatic carbocycles. The lowest BCUT2D eigenvalue weighted by Crippen LogP contribution is -2.49. The molecule has 0 radical (unpaired) electrons. The van der Waals surface area contributed by atoms with Crippen molar-refractivity contribution in [1.82, 2.24) is 34.4 Å². The quantitative estimate of drug-likeness (QED) is 0.472. The fourth-order valence-electron chi connectivity index (χ4n) is 4.94. The molecule has 2 fully saturated rings. The minimum absolute atomic E-state index is 0.277. The van der Waals surface area contributed by atoms with Crippen LogP contribution in [-0.2, 0) is 0 Å². The van der Waals surface area contributed by atoms with E-state index in [9.17, 15) is 0 Å². The van der Waals surface area contributed by atoms with E-state index < -0.39 is 0 Å². The third-order valence-electron chi connectivity index (χ3n) is 6.66. The van der Waals surface area contributed by atoms with Gasteiger partial charge in [0.1, 0.15) is 0 Å². The summed E-state index contributed by atoms with van der Waals surface area (Å²) in [6, 6.07) is 7.75. The Kier molecular flexibility index (Phi) is 5.46. The molecular formula is C23H28N10O. The zero-order chi connectivity index (χ0) is 22.9. The molecule has 11 nitrogen and oxygen atoms in total. The van der Waals surface area contributed by atoms with Crippen LogP contribution in [0, 0.1) is 5.92 Å². The molecule has 2 N–H and O–H groups in total. The number of rotatable bonds is 5. The monoisotopic (exact) mass is 460 g/mol. The lowest BCUT2D eigenvalue weighted by Gasteiger charge is -2.40. The zero-order valence-corrected chi connectivity index (χ0v) is 19.0. The first-order valence-corrected chi connectivity index (χ1v) is 11.8. The number of piperazine rings is 1. The average molecular weight is 461 g/mol. The molecular weight excluding hydrogens is 432 g/mol. The number of hydrogen-bond acceptors (Lipinski definition) is 10. The Balaban J connectivity index is 1.11. The Hall–Kier alpha value is -3.73. The summed E-state index contributed by atoms with van der Waals surface area (Å²) < 4.78 is 6.87. The van der Waals surface area contributed by atoms with Crippen LogP contribution in [0.5, 0.6) is 0 Å². The number of furan rings is 1. The highest BCUT2D eigenvalue weighted by Gasteiger charge is 2.27. The number of aromatic nitrogens is 6. The maximum absolute atomic E-state index is 6.21. The van der Waals surface area contributed by atoms with Gasteiger partial charge < -0.3 is 20.0 Å². The Labute approximate surface area is 197 Å². The fourth-order valence-corrected chi connectivity index (χ4v) is 4.94. The van der Waals surface area contributed by atoms with E-state index in [1.165, 1.54) is 16.6 Å². The Morgan fingerprint density at radius 2 is 1.91 bits per heavy atom. The number of piperidine rings is 1. The van der Waals surface area contributed by atoms with Gasteiger partial charge in [-0.3, -0.25) is 9.88 Å². The second kappa shape index (κ2) is 8.90. The largest absolute Gasteiger partial charge is 0.461 e. The molecule has 0 saturated carbocycles. The molecule has 4 aromatic heterocycles. The van der Waals surface area contributed by atoms with Gasteiger partial charge in [0.05, 0.1) is 18.1 Å². The van der Waals surface area contributed by atoms with Gasteiger partial charge in [-0.25, -0.2) is 0 Å². The normalized spacial score (nSPS) is 19.7. The molecule has 0 aliphatic carbocycles. The van der Waals surface area contributed by atoms with Gasteiger partial charge in [-0.05, 0) is 43.0 Å². The third kappa shape index (κ3) is 4.14. The average Bonchev–Trinajstić information content (AvgIpc) is 3.56. The first-order chi connectivity index (χ1) is 16.7. The molecule has 34 heavy (non-hydrogen) atoms. The molecule has 1 atom stereocenters. The second-order valence-electron chi connectivity index (χ2n) is 8.96. The minimum atomic E-state index is 0.277. The standard InChI is InChI=1S/C23H28N10O/c24-21-27-22(28-23-26-20(29-33(21)23)19-6-3-13-34-19)32-8-2-4-17(16-32)15-30-9-11-31(12-10-30)18-5-1-7-25-14-18/h1,3,5-7,13-14,17H,2,4,8-12,15-16H2,(H2,24,26,27,28,29). The molecule has 4 aromatic rings. The van der Waals surface area contributed by atoms with Crippen LogP contribution in [-0.4, -0.2) is 80.3 Å². The maximum Gasteiger partial charge on any atom is 0.259 e. The SMILES string of the molecule is Nc1nc(N2CCCC(CN3CCN(c4cccnc4)CC3)C2)nc2nc(-c3ccco3)nn12. The second-order valence-corrected chi connectivity index (χ2v) is 8.96. The van der Waals surface area contributed by atoms with Crippen molar-refractivity contribution in [3.8, 4) is 11.6 Å². The van der Waals surface area contributed by atoms with E-state index in [4.69, 9.17) is 10.2 Å². The molecule has 1 unspecified atom stereocenters. The number of anilines is 3. The van der Waals surface area contributed by atoms with Crippen molar-refractivity contribution in [2.75, 3.05) is 61.3 Å². The van der Waals surface area contributed by atoms with E-state index in [0.717, 1.165) is 52.2 Å². The van der Waals surface area contributed by atoms with Gasteiger partial charge in [-0.1, -0.05) is 0 Å². The number of pyridine rings is 1. The molecule has 11 heteroatoms. The lowest BCUT2D eigenvalue weighted by atomic mass is 9.97. The summed E-state index contributed by atoms with van der Waals surface area (Å²) in [7, 11) is 0. The molecule has 6 rings (SSSR count). The van der Waals surface area contributed by atoms with Gasteiger partial charge in [0.25, 0.3) is 5.78 Å². The lowest BCUT2D eigenvalue weighted by molar-refractivity contribution is 0.205. The van der Waals surface area contributed by atoms with Crippen molar-refractivity contribution in [3.05, 3.63) is 42.9 Å². The number of nitrogens with zero attached hydrogens (tertiary/aromatic N) is 9. The first-order valence-electron chi connectivity index (χ1n) is 11.8. The number of nitrogen functional groups attached to an aromatic ring is 1. The van der Waals surface area contributed by atoms with Crippen LogP contribution in [0.3, 0.4) is 0 Å². The van der Waals surface area contributed by atoms with Gasteiger partial charge in [0.15, 0.2) is 5.76 Å². The van der Waals surface area contributed by atoms with Crippen LogP contribution < -0.4 is 15.5 Å². The molecule has 2 aliphatic rings. The van der Waals surface area contributed by atoms with Crippen LogP contribution in [0.4, 0.5) is 17.6 Å². The maximum atomic E-state index is 6.21. The molecule has 0 bridgehead atoms. The predicted molar refractivity (Wildman–Crippen MR) is 129 cm³/mol. The van der Waals surface area contributed by atoms with E-state index in [-0.39, 0.29) is 5.95 Å². The van der Waals surface area contributed by atoms with Gasteiger partial charge in [-0.2, -0.15) is 19.5 Å². The molecule has 0 spiro atoms. The number of fused-ring (bicyclic) bond motifs is 1. The highest BCUT2D eigenvalue weighted by molar-refractivity contribution is 5.53. The highest BCUT2D eigenvalue weighted by Crippen LogP contribution is 2.24. The Morgan fingerprint density at radius 1 is 1.00 bits per heavy atom. The Bertz CT molecular complexity index is 1230. The highest BCUT2D eigenvalue weighted by atomic mass is 16.3. The summed E-state index contributed by atoms with van der Waals surface area (Å²) in [5, 5.41) is 4.39. The third-order valence-corrected chi connectivity index (χ3v) is 6.66. The number of nitrogens with two attached hydrogens (primary N) is 1. The van der Waals surface area contributed by atoms with Crippen molar-refractivity contribution >= 4 is 23.4 Å². The predicted octanol–water partition coefficient (Wildman–Crippen LogP) is 1.80. The van der Waals surface area contributed by atoms with Crippen LogP contribution in [0.2, 0.25) is 0 Å². The Morgan fingerprint density at radius 3 is 2.71 bits per heavy atom. The summed E-state index contributed by atoms with van der Waals surface area (Å²) in [5.74, 6) is 2.92. The van der Waals surface area contributed by atoms with E-state index in [1.807, 2.05) is 24.5 Å². The molecule has 2 saturated heterocycles. The summed E-state index contributed by atoms with van der Waals surface area (Å²) >= 11 is 0. The summed E-state index contributed by atoms with van der Waals surface area (Å²) in [6.45, 7) is 7.11. The zero-order valence-electron chi connectivity index (χ0n) is 19.0. The topological polar surface area (TPSA) is 118 Å². The van der Waals surface area contributed by atoms with E-state index in [2.05, 4.69) is 45.8 Å². The molecule has 2 aliphatic heterocycles. The van der Waals surface area contributed by atoms with Crippen LogP contribution in [0.15, 0.2) is 47.3 Å².